The van der Waals surface area contributed by atoms with Crippen LogP contribution in [0, 0.1) is 12.8 Å². The van der Waals surface area contributed by atoms with Crippen LogP contribution in [-0.2, 0) is 11.3 Å². The predicted octanol–water partition coefficient (Wildman–Crippen LogP) is 5.17. The molecule has 7 heteroatoms. The summed E-state index contributed by atoms with van der Waals surface area (Å²) in [6, 6.07) is 6.11. The number of benzene rings is 1. The van der Waals surface area contributed by atoms with Crippen LogP contribution >= 0.6 is 34.5 Å². The van der Waals surface area contributed by atoms with Crippen molar-refractivity contribution in [3.63, 3.8) is 0 Å². The molecule has 0 saturated carbocycles. The fourth-order valence-corrected chi connectivity index (χ4v) is 4.18. The SMILES string of the molecule is Cc1ccsc1CN(C)C(=O)C(CC(C)C)NC(=O)c1ccc(Cl)cc1Cl. The molecule has 0 radical (unpaired) electrons. The number of nitrogens with one attached hydrogen (secondary N) is 1. The number of nitrogens with zero attached hydrogens (tertiary/aromatic N) is 1. The van der Waals surface area contributed by atoms with Gasteiger partial charge in [-0.3, -0.25) is 9.59 Å². The molecule has 0 bridgehead atoms. The Balaban J connectivity index is 2.14. The van der Waals surface area contributed by atoms with Crippen molar-refractivity contribution in [1.82, 2.24) is 10.2 Å². The van der Waals surface area contributed by atoms with Crippen molar-refractivity contribution < 1.29 is 9.59 Å². The maximum Gasteiger partial charge on any atom is 0.253 e. The van der Waals surface area contributed by atoms with Gasteiger partial charge in [0.15, 0.2) is 0 Å². The number of thiophene rings is 1. The van der Waals surface area contributed by atoms with Crippen LogP contribution in [0.3, 0.4) is 0 Å². The highest BCUT2D eigenvalue weighted by atomic mass is 35.5. The van der Waals surface area contributed by atoms with Crippen molar-refractivity contribution >= 4 is 46.4 Å². The van der Waals surface area contributed by atoms with Gasteiger partial charge in [-0.2, -0.15) is 0 Å². The third-order valence-corrected chi connectivity index (χ3v) is 5.77. The summed E-state index contributed by atoms with van der Waals surface area (Å²) in [6.07, 6.45) is 0.545. The molecule has 146 valence electrons. The zero-order valence-electron chi connectivity index (χ0n) is 15.9. The van der Waals surface area contributed by atoms with Crippen molar-refractivity contribution in [3.8, 4) is 0 Å². The monoisotopic (exact) mass is 426 g/mol. The van der Waals surface area contributed by atoms with Crippen molar-refractivity contribution in [2.45, 2.75) is 39.8 Å². The number of hydrogen-bond acceptors (Lipinski definition) is 3. The molecule has 2 amide bonds. The van der Waals surface area contributed by atoms with Gasteiger partial charge in [0.2, 0.25) is 5.91 Å². The molecule has 2 aromatic rings. The minimum atomic E-state index is -0.616. The summed E-state index contributed by atoms with van der Waals surface area (Å²) in [5.41, 5.74) is 1.47. The summed E-state index contributed by atoms with van der Waals surface area (Å²) < 4.78 is 0. The predicted molar refractivity (Wildman–Crippen MR) is 113 cm³/mol. The average Bonchev–Trinajstić information content (AvgIpc) is 2.97. The number of aryl methyl sites for hydroxylation is 1. The lowest BCUT2D eigenvalue weighted by atomic mass is 10.0. The average molecular weight is 427 g/mol. The first kappa shape index (κ1) is 21.7. The van der Waals surface area contributed by atoms with Crippen LogP contribution < -0.4 is 5.32 Å². The molecule has 0 aliphatic heterocycles. The fraction of sp³-hybridized carbons (Fsp3) is 0.400. The van der Waals surface area contributed by atoms with Gasteiger partial charge in [-0.1, -0.05) is 37.0 Å². The smallest absolute Gasteiger partial charge is 0.253 e. The molecule has 0 spiro atoms. The molecular formula is C20H24Cl2N2O2S. The highest BCUT2D eigenvalue weighted by Crippen LogP contribution is 2.22. The normalized spacial score (nSPS) is 12.1. The molecule has 0 aliphatic rings. The van der Waals surface area contributed by atoms with Crippen molar-refractivity contribution in [2.24, 2.45) is 5.92 Å². The lowest BCUT2D eigenvalue weighted by molar-refractivity contribution is -0.132. The third-order valence-electron chi connectivity index (χ3n) is 4.21. The summed E-state index contributed by atoms with van der Waals surface area (Å²) in [4.78, 5) is 28.4. The van der Waals surface area contributed by atoms with Gasteiger partial charge < -0.3 is 10.2 Å². The van der Waals surface area contributed by atoms with E-state index >= 15 is 0 Å². The number of carbonyl (C=O) groups is 2. The van der Waals surface area contributed by atoms with Crippen LogP contribution in [0.15, 0.2) is 29.6 Å². The van der Waals surface area contributed by atoms with Crippen LogP contribution in [0.5, 0.6) is 0 Å². The Bertz CT molecular complexity index is 820. The molecular weight excluding hydrogens is 403 g/mol. The maximum atomic E-state index is 13.0. The Morgan fingerprint density at radius 1 is 1.22 bits per heavy atom. The first-order valence-corrected chi connectivity index (χ1v) is 10.4. The van der Waals surface area contributed by atoms with Gasteiger partial charge >= 0.3 is 0 Å². The molecule has 0 fully saturated rings. The Kier molecular flexibility index (Phi) is 7.71. The lowest BCUT2D eigenvalue weighted by Gasteiger charge is -2.26. The summed E-state index contributed by atoms with van der Waals surface area (Å²) in [5, 5.41) is 5.58. The van der Waals surface area contributed by atoms with E-state index in [-0.39, 0.29) is 22.8 Å². The lowest BCUT2D eigenvalue weighted by Crippen LogP contribution is -2.47. The topological polar surface area (TPSA) is 49.4 Å². The molecule has 1 aromatic heterocycles. The first-order chi connectivity index (χ1) is 12.7. The van der Waals surface area contributed by atoms with Gasteiger partial charge in [0.25, 0.3) is 5.91 Å². The molecule has 1 aromatic carbocycles. The third kappa shape index (κ3) is 5.96. The van der Waals surface area contributed by atoms with Gasteiger partial charge in [0.05, 0.1) is 17.1 Å². The fourth-order valence-electron chi connectivity index (χ4n) is 2.73. The minimum absolute atomic E-state index is 0.116. The number of carbonyl (C=O) groups excluding carboxylic acids is 2. The zero-order chi connectivity index (χ0) is 20.1. The Morgan fingerprint density at radius 2 is 1.93 bits per heavy atom. The Hall–Kier alpha value is -1.56. The van der Waals surface area contributed by atoms with Crippen LogP contribution in [-0.4, -0.2) is 29.8 Å². The number of amides is 2. The standard InChI is InChI=1S/C20H24Cl2N2O2S/c1-12(2)9-17(20(26)24(4)11-18-13(3)7-8-27-18)23-19(25)15-6-5-14(21)10-16(15)22/h5-8,10,12,17H,9,11H2,1-4H3,(H,23,25). The molecule has 1 heterocycles. The highest BCUT2D eigenvalue weighted by molar-refractivity contribution is 7.10. The molecule has 0 aliphatic carbocycles. The number of rotatable bonds is 7. The first-order valence-electron chi connectivity index (χ1n) is 8.73. The molecule has 2 rings (SSSR count). The quantitative estimate of drug-likeness (QED) is 0.663. The summed E-state index contributed by atoms with van der Waals surface area (Å²) >= 11 is 13.6. The van der Waals surface area contributed by atoms with E-state index in [1.54, 1.807) is 35.4 Å². The van der Waals surface area contributed by atoms with Gasteiger partial charge in [0, 0.05) is 16.9 Å². The van der Waals surface area contributed by atoms with Crippen LogP contribution in [0.25, 0.3) is 0 Å². The van der Waals surface area contributed by atoms with Gasteiger partial charge in [-0.05, 0) is 54.5 Å². The second-order valence-electron chi connectivity index (χ2n) is 7.00. The molecule has 27 heavy (non-hydrogen) atoms. The van der Waals surface area contributed by atoms with E-state index in [1.165, 1.54) is 6.07 Å². The second kappa shape index (κ2) is 9.58. The molecule has 0 saturated heterocycles. The van der Waals surface area contributed by atoms with E-state index in [1.807, 2.05) is 32.2 Å². The van der Waals surface area contributed by atoms with Gasteiger partial charge in [-0.25, -0.2) is 0 Å². The summed E-state index contributed by atoms with van der Waals surface area (Å²) in [7, 11) is 1.76. The summed E-state index contributed by atoms with van der Waals surface area (Å²) in [5.74, 6) is -0.247. The summed E-state index contributed by atoms with van der Waals surface area (Å²) in [6.45, 7) is 6.59. The van der Waals surface area contributed by atoms with E-state index in [0.717, 1.165) is 10.4 Å². The van der Waals surface area contributed by atoms with Crippen molar-refractivity contribution in [3.05, 3.63) is 55.7 Å². The zero-order valence-corrected chi connectivity index (χ0v) is 18.2. The minimum Gasteiger partial charge on any atom is -0.340 e. The molecule has 1 unspecified atom stereocenters. The number of hydrogen-bond donors (Lipinski definition) is 1. The van der Waals surface area contributed by atoms with E-state index in [9.17, 15) is 9.59 Å². The van der Waals surface area contributed by atoms with Gasteiger partial charge in [0.1, 0.15) is 6.04 Å². The Labute approximate surface area is 174 Å². The van der Waals surface area contributed by atoms with Crippen LogP contribution in [0.1, 0.15) is 41.1 Å². The second-order valence-corrected chi connectivity index (χ2v) is 8.85. The van der Waals surface area contributed by atoms with E-state index in [4.69, 9.17) is 23.2 Å². The highest BCUT2D eigenvalue weighted by Gasteiger charge is 2.26. The largest absolute Gasteiger partial charge is 0.340 e. The van der Waals surface area contributed by atoms with E-state index < -0.39 is 6.04 Å². The molecule has 1 N–H and O–H groups in total. The molecule has 1 atom stereocenters. The van der Waals surface area contributed by atoms with Crippen LogP contribution in [0.4, 0.5) is 0 Å². The van der Waals surface area contributed by atoms with Crippen molar-refractivity contribution in [1.29, 1.82) is 0 Å². The maximum absolute atomic E-state index is 13.0. The van der Waals surface area contributed by atoms with E-state index in [0.29, 0.717) is 23.6 Å². The Morgan fingerprint density at radius 3 is 2.48 bits per heavy atom. The number of likely N-dealkylation sites (N-methyl/N-ethyl adjacent to an activating group) is 1. The van der Waals surface area contributed by atoms with Crippen LogP contribution in [0.2, 0.25) is 10.0 Å². The molecule has 4 nitrogen and oxygen atoms in total. The number of halogens is 2. The van der Waals surface area contributed by atoms with Crippen molar-refractivity contribution in [2.75, 3.05) is 7.05 Å². The van der Waals surface area contributed by atoms with E-state index in [2.05, 4.69) is 5.32 Å². The van der Waals surface area contributed by atoms with Gasteiger partial charge in [-0.15, -0.1) is 11.3 Å².